The number of fused-ring (bicyclic) bond motifs is 1. The second-order valence-corrected chi connectivity index (χ2v) is 9.10. The summed E-state index contributed by atoms with van der Waals surface area (Å²) in [5.41, 5.74) is 8.94. The van der Waals surface area contributed by atoms with Crippen molar-refractivity contribution in [3.05, 3.63) is 60.9 Å². The topological polar surface area (TPSA) is 94.1 Å². The minimum Gasteiger partial charge on any atom is -0.457 e. The van der Waals surface area contributed by atoms with Crippen molar-refractivity contribution in [1.82, 2.24) is 30.0 Å². The van der Waals surface area contributed by atoms with E-state index in [1.165, 1.54) is 12.7 Å². The summed E-state index contributed by atoms with van der Waals surface area (Å²) in [5, 5.41) is 9.35. The van der Waals surface area contributed by atoms with Gasteiger partial charge in [0.2, 0.25) is 0 Å². The van der Waals surface area contributed by atoms with Gasteiger partial charge < -0.3 is 15.8 Å². The molecule has 1 atom stereocenters. The number of rotatable bonds is 5. The number of piperidine rings is 1. The molecule has 0 aliphatic carbocycles. The van der Waals surface area contributed by atoms with Crippen LogP contribution in [-0.4, -0.2) is 56.9 Å². The quantitative estimate of drug-likeness (QED) is 0.472. The Kier molecular flexibility index (Phi) is 5.60. The van der Waals surface area contributed by atoms with E-state index in [9.17, 15) is 0 Å². The smallest absolute Gasteiger partial charge is 0.164 e. The number of nitrogens with zero attached hydrogens (tertiary/aromatic N) is 5. The number of ether oxygens (including phenoxy) is 1. The molecule has 2 aliphatic heterocycles. The average molecular weight is 456 g/mol. The van der Waals surface area contributed by atoms with Crippen molar-refractivity contribution in [2.24, 2.45) is 0 Å². The first-order valence-corrected chi connectivity index (χ1v) is 12.0. The maximum Gasteiger partial charge on any atom is 0.164 e. The van der Waals surface area contributed by atoms with Crippen LogP contribution in [0.3, 0.4) is 0 Å². The normalized spacial score (nSPS) is 19.6. The predicted octanol–water partition coefficient (Wildman–Crippen LogP) is 3.87. The highest BCUT2D eigenvalue weighted by molar-refractivity contribution is 5.98. The fourth-order valence-electron chi connectivity index (χ4n) is 5.20. The van der Waals surface area contributed by atoms with Gasteiger partial charge in [0.05, 0.1) is 11.4 Å². The molecule has 4 aromatic rings. The lowest BCUT2D eigenvalue weighted by molar-refractivity contribution is 0.140. The molecule has 0 amide bonds. The van der Waals surface area contributed by atoms with Crippen molar-refractivity contribution in [3.63, 3.8) is 0 Å². The molecule has 2 fully saturated rings. The molecule has 0 radical (unpaired) electrons. The molecule has 2 aromatic heterocycles. The number of nitrogen functional groups attached to an aromatic ring is 1. The number of aromatic nitrogens is 4. The molecule has 8 heteroatoms. The van der Waals surface area contributed by atoms with E-state index >= 15 is 0 Å². The summed E-state index contributed by atoms with van der Waals surface area (Å²) in [6, 6.07) is 18.7. The van der Waals surface area contributed by atoms with Gasteiger partial charge in [0.15, 0.2) is 5.65 Å². The molecule has 0 bridgehead atoms. The van der Waals surface area contributed by atoms with Crippen LogP contribution in [0, 0.1) is 0 Å². The maximum absolute atomic E-state index is 6.33. The maximum atomic E-state index is 6.33. The van der Waals surface area contributed by atoms with Gasteiger partial charge in [-0.3, -0.25) is 4.90 Å². The predicted molar refractivity (Wildman–Crippen MR) is 133 cm³/mol. The van der Waals surface area contributed by atoms with Crippen LogP contribution in [0.15, 0.2) is 60.9 Å². The standard InChI is InChI=1S/C26H29N7O/c27-25-23-24(18-6-8-22(9-7-18)34-21-4-2-1-3-5-21)31-33(26(23)30-17-29-25)19-11-14-32(15-12-19)20-10-13-28-16-20/h1-9,17,19-20,28H,10-16H2,(H2,27,29,30). The zero-order chi connectivity index (χ0) is 22.9. The SMILES string of the molecule is Nc1ncnc2c1c(-c1ccc(Oc3ccccc3)cc1)nn2C1CCN(C2CCNC2)CC1. The van der Waals surface area contributed by atoms with Crippen molar-refractivity contribution in [2.75, 3.05) is 31.9 Å². The third-order valence-corrected chi connectivity index (χ3v) is 7.02. The monoisotopic (exact) mass is 455 g/mol. The average Bonchev–Trinajstić information content (AvgIpc) is 3.55. The van der Waals surface area contributed by atoms with Gasteiger partial charge in [-0.2, -0.15) is 5.10 Å². The van der Waals surface area contributed by atoms with Crippen LogP contribution in [0.2, 0.25) is 0 Å². The molecule has 34 heavy (non-hydrogen) atoms. The van der Waals surface area contributed by atoms with E-state index in [2.05, 4.69) is 24.9 Å². The van der Waals surface area contributed by atoms with E-state index in [1.807, 2.05) is 54.6 Å². The van der Waals surface area contributed by atoms with Crippen LogP contribution in [-0.2, 0) is 0 Å². The van der Waals surface area contributed by atoms with Crippen LogP contribution in [0.4, 0.5) is 5.82 Å². The van der Waals surface area contributed by atoms with E-state index in [-0.39, 0.29) is 0 Å². The molecule has 6 rings (SSSR count). The lowest BCUT2D eigenvalue weighted by Gasteiger charge is -2.35. The number of nitrogens with one attached hydrogen (secondary N) is 1. The van der Waals surface area contributed by atoms with Gasteiger partial charge in [-0.1, -0.05) is 18.2 Å². The zero-order valence-corrected chi connectivity index (χ0v) is 19.1. The Morgan fingerprint density at radius 2 is 1.65 bits per heavy atom. The second-order valence-electron chi connectivity index (χ2n) is 9.10. The van der Waals surface area contributed by atoms with Gasteiger partial charge in [0.1, 0.15) is 29.3 Å². The lowest BCUT2D eigenvalue weighted by Crippen LogP contribution is -2.43. The van der Waals surface area contributed by atoms with Gasteiger partial charge >= 0.3 is 0 Å². The number of likely N-dealkylation sites (tertiary alicyclic amines) is 1. The fourth-order valence-corrected chi connectivity index (χ4v) is 5.20. The van der Waals surface area contributed by atoms with Crippen molar-refractivity contribution in [1.29, 1.82) is 0 Å². The third-order valence-electron chi connectivity index (χ3n) is 7.02. The summed E-state index contributed by atoms with van der Waals surface area (Å²) < 4.78 is 8.03. The van der Waals surface area contributed by atoms with E-state index in [1.54, 1.807) is 0 Å². The van der Waals surface area contributed by atoms with Gasteiger partial charge in [-0.05, 0) is 62.2 Å². The molecule has 8 nitrogen and oxygen atoms in total. The van der Waals surface area contributed by atoms with Crippen LogP contribution in [0.5, 0.6) is 11.5 Å². The van der Waals surface area contributed by atoms with Crippen LogP contribution < -0.4 is 15.8 Å². The molecule has 0 saturated carbocycles. The molecule has 174 valence electrons. The second kappa shape index (κ2) is 9.04. The van der Waals surface area contributed by atoms with Gasteiger partial charge in [-0.25, -0.2) is 14.6 Å². The number of hydrogen-bond acceptors (Lipinski definition) is 7. The van der Waals surface area contributed by atoms with Gasteiger partial charge in [-0.15, -0.1) is 0 Å². The summed E-state index contributed by atoms with van der Waals surface area (Å²) in [7, 11) is 0. The molecule has 0 spiro atoms. The van der Waals surface area contributed by atoms with E-state index in [0.29, 0.717) is 17.9 Å². The van der Waals surface area contributed by atoms with Crippen molar-refractivity contribution >= 4 is 16.9 Å². The van der Waals surface area contributed by atoms with Crippen LogP contribution in [0.1, 0.15) is 25.3 Å². The number of benzene rings is 2. The van der Waals surface area contributed by atoms with E-state index in [4.69, 9.17) is 15.6 Å². The Labute approximate surface area is 198 Å². The summed E-state index contributed by atoms with van der Waals surface area (Å²) in [4.78, 5) is 11.5. The highest BCUT2D eigenvalue weighted by Gasteiger charge is 2.30. The van der Waals surface area contributed by atoms with Crippen molar-refractivity contribution in [3.8, 4) is 22.8 Å². The summed E-state index contributed by atoms with van der Waals surface area (Å²) in [5.74, 6) is 2.05. The van der Waals surface area contributed by atoms with Crippen LogP contribution in [0.25, 0.3) is 22.3 Å². The number of hydrogen-bond donors (Lipinski definition) is 2. The minimum atomic E-state index is 0.303. The van der Waals surface area contributed by atoms with E-state index in [0.717, 1.165) is 72.8 Å². The fraction of sp³-hybridized carbons (Fsp3) is 0.346. The highest BCUT2D eigenvalue weighted by atomic mass is 16.5. The molecule has 1 unspecified atom stereocenters. The molecule has 2 aliphatic rings. The Balaban J connectivity index is 1.28. The van der Waals surface area contributed by atoms with Gasteiger partial charge in [0.25, 0.3) is 0 Å². The Morgan fingerprint density at radius 1 is 0.882 bits per heavy atom. The first-order valence-electron chi connectivity index (χ1n) is 12.0. The number of anilines is 1. The molecule has 4 heterocycles. The minimum absolute atomic E-state index is 0.303. The first-order chi connectivity index (χ1) is 16.8. The molecular weight excluding hydrogens is 426 g/mol. The van der Waals surface area contributed by atoms with Crippen LogP contribution >= 0.6 is 0 Å². The molecular formula is C26H29N7O. The molecule has 3 N–H and O–H groups in total. The van der Waals surface area contributed by atoms with Crippen molar-refractivity contribution in [2.45, 2.75) is 31.3 Å². The molecule has 2 saturated heterocycles. The number of nitrogens with two attached hydrogens (primary N) is 1. The number of para-hydroxylation sites is 1. The van der Waals surface area contributed by atoms with Crippen molar-refractivity contribution < 1.29 is 4.74 Å². The molecule has 2 aromatic carbocycles. The zero-order valence-electron chi connectivity index (χ0n) is 19.1. The summed E-state index contributed by atoms with van der Waals surface area (Å²) in [6.07, 6.45) is 4.89. The van der Waals surface area contributed by atoms with E-state index < -0.39 is 0 Å². The Bertz CT molecular complexity index is 1260. The lowest BCUT2D eigenvalue weighted by atomic mass is 10.0. The summed E-state index contributed by atoms with van der Waals surface area (Å²) >= 11 is 0. The Morgan fingerprint density at radius 3 is 2.38 bits per heavy atom. The largest absolute Gasteiger partial charge is 0.457 e. The summed E-state index contributed by atoms with van der Waals surface area (Å²) in [6.45, 7) is 4.40. The highest BCUT2D eigenvalue weighted by Crippen LogP contribution is 2.35. The third kappa shape index (κ3) is 3.99. The Hall–Kier alpha value is -3.49. The van der Waals surface area contributed by atoms with Gasteiger partial charge in [0, 0.05) is 31.2 Å². The first kappa shape index (κ1) is 21.1.